The molecule has 0 saturated carbocycles. The Labute approximate surface area is 117 Å². The Morgan fingerprint density at radius 2 is 2.37 bits per heavy atom. The SMILES string of the molecule is CC1(CNC(=O)c2ccc(Cl)cc2F)CCCNC1. The molecule has 1 saturated heterocycles. The van der Waals surface area contributed by atoms with Crippen LogP contribution in [0.15, 0.2) is 18.2 Å². The number of rotatable bonds is 3. The zero-order valence-electron chi connectivity index (χ0n) is 10.9. The predicted molar refractivity (Wildman–Crippen MR) is 74.0 cm³/mol. The highest BCUT2D eigenvalue weighted by Crippen LogP contribution is 2.24. The molecule has 19 heavy (non-hydrogen) atoms. The van der Waals surface area contributed by atoms with Crippen LogP contribution in [0.2, 0.25) is 5.02 Å². The van der Waals surface area contributed by atoms with E-state index in [1.54, 1.807) is 0 Å². The third-order valence-electron chi connectivity index (χ3n) is 3.54. The second kappa shape index (κ2) is 5.88. The van der Waals surface area contributed by atoms with Crippen molar-refractivity contribution < 1.29 is 9.18 Å². The molecule has 3 nitrogen and oxygen atoms in total. The number of piperidine rings is 1. The van der Waals surface area contributed by atoms with Gasteiger partial charge < -0.3 is 10.6 Å². The van der Waals surface area contributed by atoms with E-state index in [2.05, 4.69) is 17.6 Å². The van der Waals surface area contributed by atoms with Crippen molar-refractivity contribution >= 4 is 17.5 Å². The Morgan fingerprint density at radius 3 is 3.00 bits per heavy atom. The molecule has 1 aromatic carbocycles. The van der Waals surface area contributed by atoms with Gasteiger partial charge in [0.15, 0.2) is 0 Å². The van der Waals surface area contributed by atoms with Gasteiger partial charge in [-0.15, -0.1) is 0 Å². The quantitative estimate of drug-likeness (QED) is 0.896. The van der Waals surface area contributed by atoms with Gasteiger partial charge in [-0.2, -0.15) is 0 Å². The zero-order chi connectivity index (χ0) is 13.9. The summed E-state index contributed by atoms with van der Waals surface area (Å²) in [4.78, 5) is 11.9. The molecule has 1 aromatic rings. The molecule has 1 aliphatic heterocycles. The summed E-state index contributed by atoms with van der Waals surface area (Å²) in [6.45, 7) is 4.56. The van der Waals surface area contributed by atoms with Crippen LogP contribution < -0.4 is 10.6 Å². The summed E-state index contributed by atoms with van der Waals surface area (Å²) < 4.78 is 13.6. The molecule has 0 spiro atoms. The number of carbonyl (C=O) groups is 1. The summed E-state index contributed by atoms with van der Waals surface area (Å²) in [6.07, 6.45) is 2.16. The van der Waals surface area contributed by atoms with Crippen LogP contribution in [-0.4, -0.2) is 25.5 Å². The minimum atomic E-state index is -0.586. The van der Waals surface area contributed by atoms with Crippen molar-refractivity contribution in [1.29, 1.82) is 0 Å². The van der Waals surface area contributed by atoms with Crippen LogP contribution in [0, 0.1) is 11.2 Å². The van der Waals surface area contributed by atoms with Crippen molar-refractivity contribution in [3.63, 3.8) is 0 Å². The molecule has 1 amide bonds. The molecule has 2 rings (SSSR count). The molecule has 0 aliphatic carbocycles. The number of carbonyl (C=O) groups excluding carboxylic acids is 1. The van der Waals surface area contributed by atoms with E-state index in [1.165, 1.54) is 12.1 Å². The molecule has 1 fully saturated rings. The molecule has 5 heteroatoms. The summed E-state index contributed by atoms with van der Waals surface area (Å²) in [5, 5.41) is 6.41. The van der Waals surface area contributed by atoms with Gasteiger partial charge in [0, 0.05) is 18.1 Å². The van der Waals surface area contributed by atoms with Crippen LogP contribution in [0.1, 0.15) is 30.1 Å². The normalized spacial score (nSPS) is 23.1. The van der Waals surface area contributed by atoms with Crippen molar-refractivity contribution in [3.05, 3.63) is 34.6 Å². The Kier molecular flexibility index (Phi) is 4.42. The molecular weight excluding hydrogens is 267 g/mol. The average molecular weight is 285 g/mol. The first-order valence-corrected chi connectivity index (χ1v) is 6.82. The molecule has 1 aliphatic rings. The molecule has 2 N–H and O–H groups in total. The lowest BCUT2D eigenvalue weighted by Gasteiger charge is -2.34. The highest BCUT2D eigenvalue weighted by atomic mass is 35.5. The number of halogens is 2. The molecule has 0 aromatic heterocycles. The predicted octanol–water partition coefficient (Wildman–Crippen LogP) is 2.60. The van der Waals surface area contributed by atoms with Gasteiger partial charge in [0.05, 0.1) is 5.56 Å². The van der Waals surface area contributed by atoms with E-state index in [0.29, 0.717) is 6.54 Å². The van der Waals surface area contributed by atoms with Gasteiger partial charge in [-0.1, -0.05) is 18.5 Å². The van der Waals surface area contributed by atoms with Gasteiger partial charge in [0.1, 0.15) is 5.82 Å². The van der Waals surface area contributed by atoms with Crippen LogP contribution in [0.25, 0.3) is 0 Å². The van der Waals surface area contributed by atoms with Crippen molar-refractivity contribution in [2.75, 3.05) is 19.6 Å². The fourth-order valence-corrected chi connectivity index (χ4v) is 2.49. The van der Waals surface area contributed by atoms with Crippen LogP contribution in [0.3, 0.4) is 0 Å². The summed E-state index contributed by atoms with van der Waals surface area (Å²) in [5.41, 5.74) is 0.0772. The van der Waals surface area contributed by atoms with E-state index in [1.807, 2.05) is 0 Å². The highest BCUT2D eigenvalue weighted by Gasteiger charge is 2.27. The van der Waals surface area contributed by atoms with Crippen molar-refractivity contribution in [1.82, 2.24) is 10.6 Å². The maximum Gasteiger partial charge on any atom is 0.254 e. The van der Waals surface area contributed by atoms with Crippen LogP contribution in [0.5, 0.6) is 0 Å². The van der Waals surface area contributed by atoms with Gasteiger partial charge in [-0.05, 0) is 43.0 Å². The van der Waals surface area contributed by atoms with E-state index >= 15 is 0 Å². The van der Waals surface area contributed by atoms with Gasteiger partial charge in [0.2, 0.25) is 0 Å². The van der Waals surface area contributed by atoms with Crippen molar-refractivity contribution in [2.24, 2.45) is 5.41 Å². The Hall–Kier alpha value is -1.13. The topological polar surface area (TPSA) is 41.1 Å². The molecule has 104 valence electrons. The monoisotopic (exact) mass is 284 g/mol. The number of hydrogen-bond donors (Lipinski definition) is 2. The summed E-state index contributed by atoms with van der Waals surface area (Å²) >= 11 is 5.66. The molecule has 1 heterocycles. The van der Waals surface area contributed by atoms with Crippen LogP contribution in [0.4, 0.5) is 4.39 Å². The van der Waals surface area contributed by atoms with E-state index in [-0.39, 0.29) is 21.9 Å². The molecule has 0 radical (unpaired) electrons. The first kappa shape index (κ1) is 14.3. The fourth-order valence-electron chi connectivity index (χ4n) is 2.33. The largest absolute Gasteiger partial charge is 0.351 e. The highest BCUT2D eigenvalue weighted by molar-refractivity contribution is 6.30. The Morgan fingerprint density at radius 1 is 1.58 bits per heavy atom. The minimum Gasteiger partial charge on any atom is -0.351 e. The molecule has 1 atom stereocenters. The summed E-state index contributed by atoms with van der Waals surface area (Å²) in [5.74, 6) is -0.974. The molecule has 1 unspecified atom stereocenters. The fraction of sp³-hybridized carbons (Fsp3) is 0.500. The van der Waals surface area contributed by atoms with E-state index in [0.717, 1.165) is 32.0 Å². The number of nitrogens with one attached hydrogen (secondary N) is 2. The standard InChI is InChI=1S/C14H18ClFN2O/c1-14(5-2-6-17-8-14)9-18-13(19)11-4-3-10(15)7-12(11)16/h3-4,7,17H,2,5-6,8-9H2,1H3,(H,18,19). The van der Waals surface area contributed by atoms with Gasteiger partial charge >= 0.3 is 0 Å². The van der Waals surface area contributed by atoms with Gasteiger partial charge in [0.25, 0.3) is 5.91 Å². The summed E-state index contributed by atoms with van der Waals surface area (Å²) in [6, 6.07) is 4.08. The first-order valence-electron chi connectivity index (χ1n) is 6.44. The van der Waals surface area contributed by atoms with Gasteiger partial charge in [-0.25, -0.2) is 4.39 Å². The van der Waals surface area contributed by atoms with Crippen molar-refractivity contribution in [2.45, 2.75) is 19.8 Å². The lowest BCUT2D eigenvalue weighted by atomic mass is 9.83. The lowest BCUT2D eigenvalue weighted by molar-refractivity contribution is 0.0920. The Bertz CT molecular complexity index is 473. The van der Waals surface area contributed by atoms with Crippen LogP contribution in [-0.2, 0) is 0 Å². The minimum absolute atomic E-state index is 0.0385. The third kappa shape index (κ3) is 3.67. The van der Waals surface area contributed by atoms with Gasteiger partial charge in [-0.3, -0.25) is 4.79 Å². The van der Waals surface area contributed by atoms with E-state index < -0.39 is 5.82 Å². The van der Waals surface area contributed by atoms with E-state index in [4.69, 9.17) is 11.6 Å². The summed E-state index contributed by atoms with van der Waals surface area (Å²) in [7, 11) is 0. The molecule has 0 bridgehead atoms. The first-order chi connectivity index (χ1) is 9.00. The number of benzene rings is 1. The third-order valence-corrected chi connectivity index (χ3v) is 3.77. The zero-order valence-corrected chi connectivity index (χ0v) is 11.7. The second-order valence-corrected chi connectivity index (χ2v) is 5.83. The lowest BCUT2D eigenvalue weighted by Crippen LogP contribution is -2.45. The van der Waals surface area contributed by atoms with Crippen LogP contribution >= 0.6 is 11.6 Å². The number of amides is 1. The Balaban J connectivity index is 1.97. The maximum atomic E-state index is 13.6. The maximum absolute atomic E-state index is 13.6. The smallest absolute Gasteiger partial charge is 0.254 e. The number of hydrogen-bond acceptors (Lipinski definition) is 2. The average Bonchev–Trinajstić information content (AvgIpc) is 2.37. The molecular formula is C14H18ClFN2O. The van der Waals surface area contributed by atoms with Crippen molar-refractivity contribution in [3.8, 4) is 0 Å². The second-order valence-electron chi connectivity index (χ2n) is 5.40. The van der Waals surface area contributed by atoms with E-state index in [9.17, 15) is 9.18 Å².